The number of hydrogen-bond acceptors (Lipinski definition) is 5. The van der Waals surface area contributed by atoms with Gasteiger partial charge in [-0.05, 0) is 43.9 Å². The number of Topliss-reactive ketones (excluding diaryl/α,β-unsaturated/α-hetero) is 2. The minimum atomic E-state index is -1.42. The van der Waals surface area contributed by atoms with Gasteiger partial charge in [-0.15, -0.1) is 0 Å². The Hall–Kier alpha value is -1.53. The van der Waals surface area contributed by atoms with E-state index in [-0.39, 0.29) is 24.0 Å². The van der Waals surface area contributed by atoms with Gasteiger partial charge in [-0.3, -0.25) is 9.59 Å². The lowest BCUT2D eigenvalue weighted by atomic mass is 9.86. The lowest BCUT2D eigenvalue weighted by molar-refractivity contribution is -0.149. The van der Waals surface area contributed by atoms with Crippen LogP contribution in [0.4, 0.5) is 0 Å². The van der Waals surface area contributed by atoms with E-state index in [4.69, 9.17) is 5.11 Å². The second-order valence-corrected chi connectivity index (χ2v) is 7.56. The zero-order valence-corrected chi connectivity index (χ0v) is 16.3. The molecular weight excluding hydrogens is 348 g/mol. The predicted octanol–water partition coefficient (Wildman–Crippen LogP) is 3.04. The number of rotatable bonds is 14. The first-order valence-electron chi connectivity index (χ1n) is 10.2. The van der Waals surface area contributed by atoms with Gasteiger partial charge in [-0.1, -0.05) is 38.3 Å². The van der Waals surface area contributed by atoms with E-state index in [9.17, 15) is 24.6 Å². The van der Waals surface area contributed by atoms with E-state index in [1.54, 1.807) is 6.08 Å². The second-order valence-electron chi connectivity index (χ2n) is 7.56. The Bertz CT molecular complexity index is 513. The number of allylic oxidation sites excluding steroid dienone is 2. The van der Waals surface area contributed by atoms with Crippen molar-refractivity contribution < 1.29 is 29.7 Å². The van der Waals surface area contributed by atoms with Gasteiger partial charge < -0.3 is 15.3 Å². The molecule has 27 heavy (non-hydrogen) atoms. The summed E-state index contributed by atoms with van der Waals surface area (Å²) >= 11 is 0. The highest BCUT2D eigenvalue weighted by Gasteiger charge is 2.40. The van der Waals surface area contributed by atoms with E-state index in [0.29, 0.717) is 38.5 Å². The summed E-state index contributed by atoms with van der Waals surface area (Å²) in [5.74, 6) is -2.23. The predicted molar refractivity (Wildman–Crippen MR) is 102 cm³/mol. The zero-order chi connectivity index (χ0) is 20.2. The van der Waals surface area contributed by atoms with E-state index < -0.39 is 24.0 Å². The molecule has 0 heterocycles. The lowest BCUT2D eigenvalue weighted by Crippen LogP contribution is -2.22. The smallest absolute Gasteiger partial charge is 0.372 e. The Morgan fingerprint density at radius 1 is 0.926 bits per heavy atom. The number of aliphatic carboxylic acids is 1. The average Bonchev–Trinajstić information content (AvgIpc) is 2.89. The maximum Gasteiger partial charge on any atom is 0.372 e. The van der Waals surface area contributed by atoms with Gasteiger partial charge in [0.25, 0.3) is 0 Å². The summed E-state index contributed by atoms with van der Waals surface area (Å²) in [6.45, 7) is 2.13. The lowest BCUT2D eigenvalue weighted by Gasteiger charge is -2.22. The fourth-order valence-corrected chi connectivity index (χ4v) is 3.80. The molecule has 0 saturated heterocycles. The SMILES string of the molecule is CCCCCCC(=O)CC[C@@H]1[C@@H](C/C=C\CCC(=O)C(=O)O)[C@@H](O)C[C@H]1O. The minimum Gasteiger partial charge on any atom is -0.476 e. The largest absolute Gasteiger partial charge is 0.476 e. The van der Waals surface area contributed by atoms with Gasteiger partial charge in [-0.2, -0.15) is 0 Å². The summed E-state index contributed by atoms with van der Waals surface area (Å²) < 4.78 is 0. The summed E-state index contributed by atoms with van der Waals surface area (Å²) in [5.41, 5.74) is 0. The summed E-state index contributed by atoms with van der Waals surface area (Å²) in [7, 11) is 0. The average molecular weight is 382 g/mol. The summed E-state index contributed by atoms with van der Waals surface area (Å²) in [6, 6.07) is 0. The molecule has 3 N–H and O–H groups in total. The number of hydrogen-bond donors (Lipinski definition) is 3. The van der Waals surface area contributed by atoms with Crippen molar-refractivity contribution in [2.24, 2.45) is 11.8 Å². The van der Waals surface area contributed by atoms with Crippen LogP contribution in [0.15, 0.2) is 12.2 Å². The fraction of sp³-hybridized carbons (Fsp3) is 0.762. The summed E-state index contributed by atoms with van der Waals surface area (Å²) in [4.78, 5) is 33.5. The van der Waals surface area contributed by atoms with Crippen LogP contribution in [-0.4, -0.2) is 45.1 Å². The Kier molecular flexibility index (Phi) is 11.1. The Balaban J connectivity index is 2.39. The van der Waals surface area contributed by atoms with Gasteiger partial charge in [0.2, 0.25) is 5.78 Å². The van der Waals surface area contributed by atoms with Crippen LogP contribution in [0, 0.1) is 11.8 Å². The molecule has 1 fully saturated rings. The van der Waals surface area contributed by atoms with Crippen molar-refractivity contribution >= 4 is 17.5 Å². The molecule has 0 radical (unpaired) electrons. The van der Waals surface area contributed by atoms with Crippen molar-refractivity contribution in [3.8, 4) is 0 Å². The third-order valence-corrected chi connectivity index (χ3v) is 5.44. The second kappa shape index (κ2) is 12.8. The van der Waals surface area contributed by atoms with Crippen molar-refractivity contribution in [2.45, 2.75) is 89.8 Å². The highest BCUT2D eigenvalue weighted by atomic mass is 16.4. The molecule has 1 aliphatic carbocycles. The maximum absolute atomic E-state index is 12.0. The van der Waals surface area contributed by atoms with Crippen LogP contribution in [0.3, 0.4) is 0 Å². The molecule has 1 aliphatic rings. The van der Waals surface area contributed by atoms with Crippen molar-refractivity contribution in [1.82, 2.24) is 0 Å². The van der Waals surface area contributed by atoms with Crippen LogP contribution in [0.1, 0.15) is 77.6 Å². The number of aliphatic hydroxyl groups excluding tert-OH is 2. The normalized spacial score (nSPS) is 25.1. The number of carboxylic acids is 1. The van der Waals surface area contributed by atoms with E-state index >= 15 is 0 Å². The molecule has 6 nitrogen and oxygen atoms in total. The van der Waals surface area contributed by atoms with E-state index in [0.717, 1.165) is 25.7 Å². The number of carbonyl (C=O) groups is 3. The molecule has 0 aromatic rings. The molecule has 1 rings (SSSR count). The maximum atomic E-state index is 12.0. The first-order chi connectivity index (χ1) is 12.9. The monoisotopic (exact) mass is 382 g/mol. The van der Waals surface area contributed by atoms with Crippen LogP contribution in [-0.2, 0) is 14.4 Å². The van der Waals surface area contributed by atoms with Gasteiger partial charge in [0.05, 0.1) is 12.2 Å². The van der Waals surface area contributed by atoms with E-state index in [2.05, 4.69) is 6.92 Å². The van der Waals surface area contributed by atoms with E-state index in [1.807, 2.05) is 6.08 Å². The summed E-state index contributed by atoms with van der Waals surface area (Å²) in [6.07, 6.45) is 9.45. The van der Waals surface area contributed by atoms with Crippen molar-refractivity contribution in [3.05, 3.63) is 12.2 Å². The minimum absolute atomic E-state index is 0.0440. The van der Waals surface area contributed by atoms with Gasteiger partial charge in [0.1, 0.15) is 5.78 Å². The molecule has 6 heteroatoms. The van der Waals surface area contributed by atoms with Gasteiger partial charge >= 0.3 is 5.97 Å². The molecule has 0 spiro atoms. The summed E-state index contributed by atoms with van der Waals surface area (Å²) in [5, 5.41) is 29.0. The van der Waals surface area contributed by atoms with Crippen LogP contribution < -0.4 is 0 Å². The Morgan fingerprint density at radius 2 is 1.63 bits per heavy atom. The molecule has 1 saturated carbocycles. The third kappa shape index (κ3) is 8.80. The van der Waals surface area contributed by atoms with Crippen LogP contribution in [0.5, 0.6) is 0 Å². The molecule has 0 amide bonds. The van der Waals surface area contributed by atoms with Crippen molar-refractivity contribution in [3.63, 3.8) is 0 Å². The Morgan fingerprint density at radius 3 is 2.30 bits per heavy atom. The number of aliphatic hydroxyl groups is 2. The van der Waals surface area contributed by atoms with Gasteiger partial charge in [-0.25, -0.2) is 4.79 Å². The highest BCUT2D eigenvalue weighted by molar-refractivity contribution is 6.32. The number of unbranched alkanes of at least 4 members (excludes halogenated alkanes) is 3. The molecule has 0 bridgehead atoms. The quantitative estimate of drug-likeness (QED) is 0.242. The Labute approximate surface area is 161 Å². The molecule has 154 valence electrons. The first-order valence-corrected chi connectivity index (χ1v) is 10.2. The zero-order valence-electron chi connectivity index (χ0n) is 16.3. The molecule has 4 atom stereocenters. The van der Waals surface area contributed by atoms with Crippen LogP contribution in [0.25, 0.3) is 0 Å². The molecule has 0 aromatic heterocycles. The van der Waals surface area contributed by atoms with E-state index in [1.165, 1.54) is 0 Å². The van der Waals surface area contributed by atoms with Crippen LogP contribution >= 0.6 is 0 Å². The van der Waals surface area contributed by atoms with Crippen molar-refractivity contribution in [2.75, 3.05) is 0 Å². The number of carbonyl (C=O) groups excluding carboxylic acids is 2. The van der Waals surface area contributed by atoms with Crippen LogP contribution in [0.2, 0.25) is 0 Å². The molecule has 0 aliphatic heterocycles. The number of ketones is 2. The molecule has 0 aromatic carbocycles. The first kappa shape index (κ1) is 23.5. The third-order valence-electron chi connectivity index (χ3n) is 5.44. The topological polar surface area (TPSA) is 112 Å². The number of carboxylic acid groups (broad SMARTS) is 1. The van der Waals surface area contributed by atoms with Gasteiger partial charge in [0, 0.05) is 19.3 Å². The molecule has 0 unspecified atom stereocenters. The highest BCUT2D eigenvalue weighted by Crippen LogP contribution is 2.38. The fourth-order valence-electron chi connectivity index (χ4n) is 3.80. The molecular formula is C21H34O6. The standard InChI is InChI=1S/C21H34O6/c1-2-3-4-6-9-15(22)12-13-17-16(19(24)14-20(17)25)10-7-5-8-11-18(23)21(26)27/h5,7,16-17,19-20,24-25H,2-4,6,8-14H2,1H3,(H,26,27)/b7-5-/t16-,17-,19+,20-/m1/s1. The van der Waals surface area contributed by atoms with Gasteiger partial charge in [0.15, 0.2) is 0 Å². The van der Waals surface area contributed by atoms with Crippen molar-refractivity contribution in [1.29, 1.82) is 0 Å².